The van der Waals surface area contributed by atoms with Crippen molar-refractivity contribution < 1.29 is 0 Å². The van der Waals surface area contributed by atoms with Crippen molar-refractivity contribution in [2.75, 3.05) is 20.1 Å². The molecule has 4 heteroatoms. The van der Waals surface area contributed by atoms with Gasteiger partial charge in [0, 0.05) is 12.6 Å². The fourth-order valence-corrected chi connectivity index (χ4v) is 3.30. The summed E-state index contributed by atoms with van der Waals surface area (Å²) in [4.78, 5) is 6.98. The first kappa shape index (κ1) is 15.9. The van der Waals surface area contributed by atoms with E-state index in [4.69, 9.17) is 0 Å². The van der Waals surface area contributed by atoms with Crippen LogP contribution < -0.4 is 5.32 Å². The molecule has 0 radical (unpaired) electrons. The van der Waals surface area contributed by atoms with E-state index in [-0.39, 0.29) is 0 Å². The third-order valence-electron chi connectivity index (χ3n) is 4.14. The summed E-state index contributed by atoms with van der Waals surface area (Å²) < 4.78 is 0.911. The van der Waals surface area contributed by atoms with Crippen LogP contribution in [-0.4, -0.2) is 36.1 Å². The molecule has 0 aliphatic heterocycles. The molecule has 1 fully saturated rings. The number of pyridine rings is 1. The van der Waals surface area contributed by atoms with Crippen molar-refractivity contribution in [2.45, 2.75) is 51.1 Å². The van der Waals surface area contributed by atoms with Crippen molar-refractivity contribution in [1.82, 2.24) is 15.2 Å². The van der Waals surface area contributed by atoms with Gasteiger partial charge in [-0.3, -0.25) is 0 Å². The average Bonchev–Trinajstić information content (AvgIpc) is 2.48. The van der Waals surface area contributed by atoms with Gasteiger partial charge in [0.05, 0.1) is 5.69 Å². The summed E-state index contributed by atoms with van der Waals surface area (Å²) in [5.74, 6) is 0. The zero-order chi connectivity index (χ0) is 14.2. The van der Waals surface area contributed by atoms with Crippen LogP contribution in [0.1, 0.15) is 44.2 Å². The van der Waals surface area contributed by atoms with E-state index in [1.807, 2.05) is 12.1 Å². The third kappa shape index (κ3) is 5.51. The summed E-state index contributed by atoms with van der Waals surface area (Å²) in [6, 6.07) is 6.88. The summed E-state index contributed by atoms with van der Waals surface area (Å²) in [6.07, 6.45) is 8.27. The molecule has 20 heavy (non-hydrogen) atoms. The minimum atomic E-state index is 0.829. The number of rotatable bonds is 7. The van der Waals surface area contributed by atoms with Crippen LogP contribution in [0.4, 0.5) is 0 Å². The highest BCUT2D eigenvalue weighted by atomic mass is 79.9. The van der Waals surface area contributed by atoms with Gasteiger partial charge in [-0.05, 0) is 67.5 Å². The number of nitrogens with one attached hydrogen (secondary N) is 1. The van der Waals surface area contributed by atoms with Gasteiger partial charge in [-0.2, -0.15) is 0 Å². The standard InChI is InChI=1S/C16H26BrN3/c1-20(15-8-3-2-4-9-15)12-6-11-18-13-14-7-5-10-16(17)19-14/h5,7,10,15,18H,2-4,6,8-9,11-13H2,1H3. The minimum absolute atomic E-state index is 0.829. The fraction of sp³-hybridized carbons (Fsp3) is 0.688. The zero-order valence-electron chi connectivity index (χ0n) is 12.4. The summed E-state index contributed by atoms with van der Waals surface area (Å²) in [6.45, 7) is 3.11. The monoisotopic (exact) mass is 339 g/mol. The van der Waals surface area contributed by atoms with Crippen LogP contribution in [0, 0.1) is 0 Å². The van der Waals surface area contributed by atoms with Gasteiger partial charge in [0.1, 0.15) is 4.60 Å². The van der Waals surface area contributed by atoms with Gasteiger partial charge in [0.15, 0.2) is 0 Å². The first-order valence-electron chi connectivity index (χ1n) is 7.78. The van der Waals surface area contributed by atoms with Crippen LogP contribution in [0.2, 0.25) is 0 Å². The van der Waals surface area contributed by atoms with E-state index in [0.717, 1.165) is 29.4 Å². The van der Waals surface area contributed by atoms with Crippen LogP contribution in [0.25, 0.3) is 0 Å². The highest BCUT2D eigenvalue weighted by molar-refractivity contribution is 9.10. The first-order valence-corrected chi connectivity index (χ1v) is 8.57. The molecule has 0 unspecified atom stereocenters. The molecule has 0 amide bonds. The Balaban J connectivity index is 1.57. The number of hydrogen-bond donors (Lipinski definition) is 1. The van der Waals surface area contributed by atoms with Crippen molar-refractivity contribution >= 4 is 15.9 Å². The number of hydrogen-bond acceptors (Lipinski definition) is 3. The largest absolute Gasteiger partial charge is 0.311 e. The lowest BCUT2D eigenvalue weighted by molar-refractivity contribution is 0.189. The van der Waals surface area contributed by atoms with Crippen molar-refractivity contribution in [3.05, 3.63) is 28.5 Å². The second-order valence-corrected chi connectivity index (χ2v) is 6.57. The molecule has 0 spiro atoms. The maximum atomic E-state index is 4.42. The smallest absolute Gasteiger partial charge is 0.106 e. The fourth-order valence-electron chi connectivity index (χ4n) is 2.92. The molecule has 3 nitrogen and oxygen atoms in total. The molecule has 1 aliphatic rings. The molecule has 1 aliphatic carbocycles. The van der Waals surface area contributed by atoms with Crippen LogP contribution >= 0.6 is 15.9 Å². The SMILES string of the molecule is CN(CCCNCc1cccc(Br)n1)C1CCCCC1. The summed E-state index contributed by atoms with van der Waals surface area (Å²) in [7, 11) is 2.28. The third-order valence-corrected chi connectivity index (χ3v) is 4.58. The molecule has 0 atom stereocenters. The summed E-state index contributed by atoms with van der Waals surface area (Å²) in [5.41, 5.74) is 1.10. The average molecular weight is 340 g/mol. The topological polar surface area (TPSA) is 28.2 Å². The minimum Gasteiger partial charge on any atom is -0.311 e. The van der Waals surface area contributed by atoms with Gasteiger partial charge in [-0.15, -0.1) is 0 Å². The van der Waals surface area contributed by atoms with Gasteiger partial charge in [0.25, 0.3) is 0 Å². The lowest BCUT2D eigenvalue weighted by Gasteiger charge is -2.31. The maximum Gasteiger partial charge on any atom is 0.106 e. The number of nitrogens with zero attached hydrogens (tertiary/aromatic N) is 2. The second-order valence-electron chi connectivity index (χ2n) is 5.75. The molecule has 0 saturated heterocycles. The highest BCUT2D eigenvalue weighted by Crippen LogP contribution is 2.21. The Labute approximate surface area is 131 Å². The van der Waals surface area contributed by atoms with E-state index in [1.54, 1.807) is 0 Å². The van der Waals surface area contributed by atoms with Crippen molar-refractivity contribution in [3.8, 4) is 0 Å². The van der Waals surface area contributed by atoms with E-state index >= 15 is 0 Å². The van der Waals surface area contributed by atoms with E-state index in [0.29, 0.717) is 0 Å². The van der Waals surface area contributed by atoms with Crippen LogP contribution in [-0.2, 0) is 6.54 Å². The summed E-state index contributed by atoms with van der Waals surface area (Å²) >= 11 is 3.40. The number of halogens is 1. The molecule has 1 N–H and O–H groups in total. The zero-order valence-corrected chi connectivity index (χ0v) is 14.0. The van der Waals surface area contributed by atoms with E-state index in [1.165, 1.54) is 45.1 Å². The van der Waals surface area contributed by atoms with Crippen molar-refractivity contribution in [2.24, 2.45) is 0 Å². The highest BCUT2D eigenvalue weighted by Gasteiger charge is 2.16. The van der Waals surface area contributed by atoms with Crippen LogP contribution in [0.5, 0.6) is 0 Å². The molecule has 1 heterocycles. The molecule has 2 rings (SSSR count). The van der Waals surface area contributed by atoms with Gasteiger partial charge in [-0.1, -0.05) is 25.3 Å². The Bertz CT molecular complexity index is 391. The Morgan fingerprint density at radius 1 is 1.30 bits per heavy atom. The lowest BCUT2D eigenvalue weighted by atomic mass is 9.94. The lowest BCUT2D eigenvalue weighted by Crippen LogP contribution is -2.35. The molecular formula is C16H26BrN3. The molecule has 1 aromatic rings. The summed E-state index contributed by atoms with van der Waals surface area (Å²) in [5, 5.41) is 3.48. The molecule has 1 saturated carbocycles. The molecule has 1 aromatic heterocycles. The van der Waals surface area contributed by atoms with Gasteiger partial charge >= 0.3 is 0 Å². The first-order chi connectivity index (χ1) is 9.75. The van der Waals surface area contributed by atoms with E-state index in [9.17, 15) is 0 Å². The number of aromatic nitrogens is 1. The predicted octanol–water partition coefficient (Wildman–Crippen LogP) is 3.59. The predicted molar refractivity (Wildman–Crippen MR) is 87.8 cm³/mol. The second kappa shape index (κ2) is 8.75. The Morgan fingerprint density at radius 2 is 2.10 bits per heavy atom. The Kier molecular flexibility index (Phi) is 6.97. The van der Waals surface area contributed by atoms with E-state index < -0.39 is 0 Å². The molecule has 0 aromatic carbocycles. The molecular weight excluding hydrogens is 314 g/mol. The van der Waals surface area contributed by atoms with E-state index in [2.05, 4.69) is 44.2 Å². The Morgan fingerprint density at radius 3 is 2.85 bits per heavy atom. The van der Waals surface area contributed by atoms with Crippen LogP contribution in [0.3, 0.4) is 0 Å². The van der Waals surface area contributed by atoms with Gasteiger partial charge in [-0.25, -0.2) is 4.98 Å². The van der Waals surface area contributed by atoms with Crippen molar-refractivity contribution in [1.29, 1.82) is 0 Å². The van der Waals surface area contributed by atoms with Crippen molar-refractivity contribution in [3.63, 3.8) is 0 Å². The molecule has 0 bridgehead atoms. The Hall–Kier alpha value is -0.450. The molecule has 112 valence electrons. The van der Waals surface area contributed by atoms with Gasteiger partial charge in [0.2, 0.25) is 0 Å². The maximum absolute atomic E-state index is 4.42. The quantitative estimate of drug-likeness (QED) is 0.607. The normalized spacial score (nSPS) is 16.8. The van der Waals surface area contributed by atoms with Crippen LogP contribution in [0.15, 0.2) is 22.8 Å². The van der Waals surface area contributed by atoms with Gasteiger partial charge < -0.3 is 10.2 Å².